The normalized spacial score (nSPS) is 31.5. The topological polar surface area (TPSA) is 38.8 Å². The first-order valence-electron chi connectivity index (χ1n) is 8.48. The highest BCUT2D eigenvalue weighted by Gasteiger charge is 2.35. The Kier molecular flexibility index (Phi) is 7.01. The van der Waals surface area contributed by atoms with E-state index in [1.165, 1.54) is 12.8 Å². The summed E-state index contributed by atoms with van der Waals surface area (Å²) in [5.41, 5.74) is 0. The van der Waals surface area contributed by atoms with Gasteiger partial charge in [-0.15, -0.1) is 0 Å². The number of epoxide rings is 1. The zero-order valence-electron chi connectivity index (χ0n) is 13.1. The minimum absolute atomic E-state index is 0.0503. The van der Waals surface area contributed by atoms with Gasteiger partial charge in [0.25, 0.3) is 0 Å². The minimum Gasteiger partial charge on any atom is -0.458 e. The van der Waals surface area contributed by atoms with Crippen LogP contribution in [0.25, 0.3) is 0 Å². The summed E-state index contributed by atoms with van der Waals surface area (Å²) < 4.78 is 11.1. The molecular formula is C18H28O3. The lowest BCUT2D eigenvalue weighted by molar-refractivity contribution is -0.147. The molecule has 0 saturated carbocycles. The lowest BCUT2D eigenvalue weighted by Gasteiger charge is -2.16. The van der Waals surface area contributed by atoms with Gasteiger partial charge >= 0.3 is 5.97 Å². The number of allylic oxidation sites excluding steroid dienone is 1. The van der Waals surface area contributed by atoms with Gasteiger partial charge in [-0.25, -0.2) is 0 Å². The highest BCUT2D eigenvalue weighted by Crippen LogP contribution is 2.27. The van der Waals surface area contributed by atoms with Crippen molar-refractivity contribution in [3.05, 3.63) is 24.3 Å². The number of hydrogen-bond donors (Lipinski definition) is 0. The van der Waals surface area contributed by atoms with Gasteiger partial charge in [0.2, 0.25) is 0 Å². The number of ether oxygens (including phenoxy) is 2. The van der Waals surface area contributed by atoms with Gasteiger partial charge in [-0.3, -0.25) is 4.79 Å². The molecule has 2 heterocycles. The second-order valence-corrected chi connectivity index (χ2v) is 5.97. The molecule has 3 nitrogen and oxygen atoms in total. The monoisotopic (exact) mass is 292 g/mol. The smallest absolute Gasteiger partial charge is 0.306 e. The molecule has 0 aliphatic carbocycles. The SMILES string of the molecule is CC/C=C\C[C@@H]1O[C@H]1/C=C/[C@H]1CCCCCCCC(=O)O1. The summed E-state index contributed by atoms with van der Waals surface area (Å²) in [5, 5.41) is 0. The average molecular weight is 292 g/mol. The minimum atomic E-state index is -0.0633. The van der Waals surface area contributed by atoms with Crippen molar-refractivity contribution in [3.63, 3.8) is 0 Å². The van der Waals surface area contributed by atoms with E-state index in [9.17, 15) is 4.79 Å². The Morgan fingerprint density at radius 2 is 1.90 bits per heavy atom. The molecule has 0 amide bonds. The van der Waals surface area contributed by atoms with Crippen LogP contribution in [0.15, 0.2) is 24.3 Å². The highest BCUT2D eigenvalue weighted by molar-refractivity contribution is 5.69. The summed E-state index contributed by atoms with van der Waals surface area (Å²) in [6, 6.07) is 0. The van der Waals surface area contributed by atoms with Crippen molar-refractivity contribution in [2.75, 3.05) is 0 Å². The molecule has 3 atom stereocenters. The summed E-state index contributed by atoms with van der Waals surface area (Å²) in [6.45, 7) is 2.13. The molecule has 2 saturated heterocycles. The van der Waals surface area contributed by atoms with Crippen molar-refractivity contribution >= 4 is 5.97 Å². The summed E-state index contributed by atoms with van der Waals surface area (Å²) in [5.74, 6) is -0.0503. The van der Waals surface area contributed by atoms with E-state index in [-0.39, 0.29) is 18.2 Å². The van der Waals surface area contributed by atoms with Crippen molar-refractivity contribution in [3.8, 4) is 0 Å². The molecule has 0 spiro atoms. The van der Waals surface area contributed by atoms with E-state index in [4.69, 9.17) is 9.47 Å². The lowest BCUT2D eigenvalue weighted by atomic mass is 10.0. The Labute approximate surface area is 128 Å². The van der Waals surface area contributed by atoms with Gasteiger partial charge in [0.1, 0.15) is 12.2 Å². The predicted octanol–water partition coefficient (Wildman–Crippen LogP) is 4.32. The van der Waals surface area contributed by atoms with E-state index in [0.717, 1.165) is 38.5 Å². The van der Waals surface area contributed by atoms with Crippen LogP contribution in [0.1, 0.15) is 64.7 Å². The van der Waals surface area contributed by atoms with Crippen molar-refractivity contribution in [2.45, 2.75) is 83.0 Å². The molecule has 2 aliphatic heterocycles. The quantitative estimate of drug-likeness (QED) is 0.430. The Balaban J connectivity index is 1.75. The zero-order chi connectivity index (χ0) is 14.9. The van der Waals surface area contributed by atoms with Crippen LogP contribution in [-0.2, 0) is 14.3 Å². The molecule has 0 unspecified atom stereocenters. The third kappa shape index (κ3) is 6.47. The van der Waals surface area contributed by atoms with E-state index in [1.807, 2.05) is 6.08 Å². The molecule has 3 heteroatoms. The number of carbonyl (C=O) groups is 1. The third-order valence-electron chi connectivity index (χ3n) is 4.06. The molecule has 118 valence electrons. The number of cyclic esters (lactones) is 1. The van der Waals surface area contributed by atoms with Crippen LogP contribution in [0.5, 0.6) is 0 Å². The van der Waals surface area contributed by atoms with Gasteiger partial charge in [0, 0.05) is 6.42 Å². The number of esters is 1. The van der Waals surface area contributed by atoms with E-state index < -0.39 is 0 Å². The maximum Gasteiger partial charge on any atom is 0.306 e. The largest absolute Gasteiger partial charge is 0.458 e. The molecule has 0 aromatic rings. The third-order valence-corrected chi connectivity index (χ3v) is 4.06. The average Bonchev–Trinajstić information content (AvgIpc) is 3.22. The molecule has 0 bridgehead atoms. The van der Waals surface area contributed by atoms with E-state index in [1.54, 1.807) is 0 Å². The maximum absolute atomic E-state index is 11.7. The number of hydrogen-bond acceptors (Lipinski definition) is 3. The standard InChI is InChI=1S/C18H28O3/c1-2-3-7-11-16-17(21-16)14-13-15-10-8-5-4-6-9-12-18(19)20-15/h3,7,13-17H,2,4-6,8-12H2,1H3/b7-3-,14-13+/t15-,16+,17+/m1/s1. The van der Waals surface area contributed by atoms with Gasteiger partial charge in [-0.1, -0.05) is 44.4 Å². The summed E-state index contributed by atoms with van der Waals surface area (Å²) in [6.07, 6.45) is 18.2. The molecule has 2 fully saturated rings. The molecule has 0 radical (unpaired) electrons. The second kappa shape index (κ2) is 9.04. The Hall–Kier alpha value is -1.09. The van der Waals surface area contributed by atoms with Crippen LogP contribution in [0, 0.1) is 0 Å². The zero-order valence-corrected chi connectivity index (χ0v) is 13.1. The van der Waals surface area contributed by atoms with Crippen molar-refractivity contribution in [1.82, 2.24) is 0 Å². The molecule has 0 aromatic heterocycles. The molecule has 0 N–H and O–H groups in total. The Morgan fingerprint density at radius 3 is 2.76 bits per heavy atom. The van der Waals surface area contributed by atoms with E-state index >= 15 is 0 Å². The second-order valence-electron chi connectivity index (χ2n) is 5.97. The fourth-order valence-electron chi connectivity index (χ4n) is 2.71. The summed E-state index contributed by atoms with van der Waals surface area (Å²) >= 11 is 0. The van der Waals surface area contributed by atoms with Crippen LogP contribution in [0.4, 0.5) is 0 Å². The highest BCUT2D eigenvalue weighted by atomic mass is 16.6. The summed E-state index contributed by atoms with van der Waals surface area (Å²) in [4.78, 5) is 11.7. The van der Waals surface area contributed by atoms with Crippen LogP contribution >= 0.6 is 0 Å². The lowest BCUT2D eigenvalue weighted by Crippen LogP contribution is -2.17. The van der Waals surface area contributed by atoms with Gasteiger partial charge in [0.15, 0.2) is 0 Å². The van der Waals surface area contributed by atoms with Gasteiger partial charge in [-0.05, 0) is 38.2 Å². The maximum atomic E-state index is 11.7. The fourth-order valence-corrected chi connectivity index (χ4v) is 2.71. The first-order chi connectivity index (χ1) is 10.3. The molecular weight excluding hydrogens is 264 g/mol. The van der Waals surface area contributed by atoms with E-state index in [0.29, 0.717) is 12.5 Å². The van der Waals surface area contributed by atoms with Crippen molar-refractivity contribution in [1.29, 1.82) is 0 Å². The van der Waals surface area contributed by atoms with E-state index in [2.05, 4.69) is 25.2 Å². The summed E-state index contributed by atoms with van der Waals surface area (Å²) in [7, 11) is 0. The Bertz CT molecular complexity index is 373. The van der Waals surface area contributed by atoms with Crippen molar-refractivity contribution in [2.24, 2.45) is 0 Å². The number of rotatable bonds is 5. The molecule has 21 heavy (non-hydrogen) atoms. The number of carbonyl (C=O) groups excluding carboxylic acids is 1. The van der Waals surface area contributed by atoms with Crippen LogP contribution in [0.3, 0.4) is 0 Å². The fraction of sp³-hybridized carbons (Fsp3) is 0.722. The van der Waals surface area contributed by atoms with Crippen LogP contribution in [-0.4, -0.2) is 24.3 Å². The Morgan fingerprint density at radius 1 is 1.10 bits per heavy atom. The van der Waals surface area contributed by atoms with Crippen LogP contribution in [0.2, 0.25) is 0 Å². The van der Waals surface area contributed by atoms with Gasteiger partial charge < -0.3 is 9.47 Å². The first-order valence-corrected chi connectivity index (χ1v) is 8.48. The van der Waals surface area contributed by atoms with Crippen LogP contribution < -0.4 is 0 Å². The van der Waals surface area contributed by atoms with Gasteiger partial charge in [0.05, 0.1) is 6.10 Å². The molecule has 2 aliphatic rings. The van der Waals surface area contributed by atoms with Gasteiger partial charge in [-0.2, -0.15) is 0 Å². The molecule has 2 rings (SSSR count). The first kappa shape index (κ1) is 16.3. The molecule has 0 aromatic carbocycles. The predicted molar refractivity (Wildman–Crippen MR) is 84.0 cm³/mol. The van der Waals surface area contributed by atoms with Crippen molar-refractivity contribution < 1.29 is 14.3 Å².